The second-order valence-corrected chi connectivity index (χ2v) is 11.6. The van der Waals surface area contributed by atoms with Crippen LogP contribution in [0.25, 0.3) is 0 Å². The molecule has 2 fully saturated rings. The van der Waals surface area contributed by atoms with E-state index in [0.29, 0.717) is 30.9 Å². The van der Waals surface area contributed by atoms with E-state index in [1.165, 1.54) is 0 Å². The monoisotopic (exact) mass is 544 g/mol. The molecule has 210 valence electrons. The second kappa shape index (κ2) is 10.4. The molecule has 1 atom stereocenters. The highest BCUT2D eigenvalue weighted by Gasteiger charge is 2.46. The van der Waals surface area contributed by atoms with E-state index in [9.17, 15) is 14.7 Å². The SMILES string of the molecule is CC1=NN=CN(c2ccc(N3CC4(CCN(CC(O)c5ccc6c(c5C)COC6=O)CC4)CC3=O)nc2C)CC1. The Labute approximate surface area is 234 Å². The Morgan fingerprint density at radius 1 is 1.07 bits per heavy atom. The van der Waals surface area contributed by atoms with Gasteiger partial charge in [0.1, 0.15) is 18.8 Å². The zero-order valence-corrected chi connectivity index (χ0v) is 23.4. The number of hydrogen-bond donors (Lipinski definition) is 1. The van der Waals surface area contributed by atoms with Crippen molar-refractivity contribution >= 4 is 35.4 Å². The minimum atomic E-state index is -0.646. The lowest BCUT2D eigenvalue weighted by Gasteiger charge is -2.39. The Morgan fingerprint density at radius 3 is 2.65 bits per heavy atom. The minimum Gasteiger partial charge on any atom is -0.457 e. The van der Waals surface area contributed by atoms with Crippen molar-refractivity contribution in [2.24, 2.45) is 15.6 Å². The number of aryl methyl sites for hydroxylation is 1. The number of carbonyl (C=O) groups is 2. The lowest BCUT2D eigenvalue weighted by molar-refractivity contribution is -0.118. The number of carbonyl (C=O) groups excluding carboxylic acids is 2. The molecule has 1 unspecified atom stereocenters. The highest BCUT2D eigenvalue weighted by Crippen LogP contribution is 2.43. The number of aromatic nitrogens is 1. The smallest absolute Gasteiger partial charge is 0.338 e. The molecule has 6 rings (SSSR count). The zero-order valence-electron chi connectivity index (χ0n) is 23.4. The van der Waals surface area contributed by atoms with Gasteiger partial charge in [-0.05, 0) is 81.4 Å². The maximum atomic E-state index is 13.2. The van der Waals surface area contributed by atoms with E-state index in [4.69, 9.17) is 9.72 Å². The van der Waals surface area contributed by atoms with Crippen molar-refractivity contribution in [1.29, 1.82) is 0 Å². The lowest BCUT2D eigenvalue weighted by Crippen LogP contribution is -2.43. The summed E-state index contributed by atoms with van der Waals surface area (Å²) in [5.74, 6) is 0.535. The van der Waals surface area contributed by atoms with E-state index >= 15 is 0 Å². The molecule has 40 heavy (non-hydrogen) atoms. The van der Waals surface area contributed by atoms with Gasteiger partial charge in [-0.25, -0.2) is 9.78 Å². The van der Waals surface area contributed by atoms with Crippen LogP contribution in [0.2, 0.25) is 0 Å². The van der Waals surface area contributed by atoms with Gasteiger partial charge in [0.15, 0.2) is 0 Å². The van der Waals surface area contributed by atoms with Gasteiger partial charge in [0.25, 0.3) is 0 Å². The van der Waals surface area contributed by atoms with Crippen LogP contribution in [0.4, 0.5) is 11.5 Å². The number of piperidine rings is 1. The van der Waals surface area contributed by atoms with Gasteiger partial charge in [0, 0.05) is 43.8 Å². The Balaban J connectivity index is 1.08. The number of benzene rings is 1. The van der Waals surface area contributed by atoms with Crippen LogP contribution in [-0.2, 0) is 16.1 Å². The molecule has 4 aliphatic rings. The lowest BCUT2D eigenvalue weighted by atomic mass is 9.77. The van der Waals surface area contributed by atoms with Crippen molar-refractivity contribution in [3.05, 3.63) is 52.2 Å². The van der Waals surface area contributed by atoms with Gasteiger partial charge in [0.05, 0.1) is 23.0 Å². The molecular formula is C30H36N6O4. The van der Waals surface area contributed by atoms with Crippen molar-refractivity contribution in [1.82, 2.24) is 9.88 Å². The summed E-state index contributed by atoms with van der Waals surface area (Å²) in [7, 11) is 0. The number of aliphatic hydroxyl groups is 1. The van der Waals surface area contributed by atoms with E-state index < -0.39 is 6.10 Å². The van der Waals surface area contributed by atoms with Crippen LogP contribution in [0, 0.1) is 19.3 Å². The van der Waals surface area contributed by atoms with Crippen LogP contribution in [0.15, 0.2) is 34.5 Å². The molecule has 1 aromatic heterocycles. The first-order chi connectivity index (χ1) is 19.2. The summed E-state index contributed by atoms with van der Waals surface area (Å²) in [6, 6.07) is 7.57. The average molecular weight is 545 g/mol. The van der Waals surface area contributed by atoms with E-state index in [1.54, 1.807) is 12.4 Å². The van der Waals surface area contributed by atoms with E-state index in [2.05, 4.69) is 20.0 Å². The molecule has 0 aliphatic carbocycles. The van der Waals surface area contributed by atoms with Crippen molar-refractivity contribution < 1.29 is 19.4 Å². The number of pyridine rings is 1. The highest BCUT2D eigenvalue weighted by molar-refractivity contribution is 5.96. The van der Waals surface area contributed by atoms with E-state index in [-0.39, 0.29) is 23.9 Å². The van der Waals surface area contributed by atoms with Crippen LogP contribution in [0.5, 0.6) is 0 Å². The van der Waals surface area contributed by atoms with E-state index in [1.807, 2.05) is 43.9 Å². The maximum Gasteiger partial charge on any atom is 0.338 e. The largest absolute Gasteiger partial charge is 0.457 e. The first kappa shape index (κ1) is 26.6. The fraction of sp³-hybridized carbons (Fsp3) is 0.500. The van der Waals surface area contributed by atoms with Crippen LogP contribution >= 0.6 is 0 Å². The summed E-state index contributed by atoms with van der Waals surface area (Å²) in [6.07, 6.45) is 4.25. The number of β-amino-alcohol motifs (C(OH)–C–C–N with tert-alkyl or cyclic N) is 1. The topological polar surface area (TPSA) is 111 Å². The molecule has 5 heterocycles. The molecule has 1 aromatic carbocycles. The number of amides is 1. The summed E-state index contributed by atoms with van der Waals surface area (Å²) in [6.45, 7) is 9.80. The fourth-order valence-corrected chi connectivity index (χ4v) is 6.47. The predicted molar refractivity (Wildman–Crippen MR) is 153 cm³/mol. The van der Waals surface area contributed by atoms with Crippen LogP contribution in [0.1, 0.15) is 71.5 Å². The average Bonchev–Trinajstić information content (AvgIpc) is 3.38. The molecule has 4 aliphatic heterocycles. The van der Waals surface area contributed by atoms with Gasteiger partial charge >= 0.3 is 5.97 Å². The first-order valence-corrected chi connectivity index (χ1v) is 14.0. The molecule has 2 aromatic rings. The summed E-state index contributed by atoms with van der Waals surface area (Å²) >= 11 is 0. The van der Waals surface area contributed by atoms with Gasteiger partial charge in [-0.1, -0.05) is 6.07 Å². The Kier molecular flexibility index (Phi) is 6.92. The molecule has 0 radical (unpaired) electrons. The van der Waals surface area contributed by atoms with Crippen LogP contribution in [-0.4, -0.2) is 71.6 Å². The zero-order chi connectivity index (χ0) is 28.0. The number of rotatable bonds is 5. The number of ether oxygens (including phenoxy) is 1. The number of cyclic esters (lactones) is 1. The van der Waals surface area contributed by atoms with Crippen molar-refractivity contribution in [2.45, 2.75) is 59.2 Å². The van der Waals surface area contributed by atoms with Crippen LogP contribution in [0.3, 0.4) is 0 Å². The third kappa shape index (κ3) is 4.90. The van der Waals surface area contributed by atoms with Gasteiger partial charge < -0.3 is 19.6 Å². The number of anilines is 2. The summed E-state index contributed by atoms with van der Waals surface area (Å²) in [5, 5.41) is 19.4. The number of hydrogen-bond acceptors (Lipinski definition) is 9. The third-order valence-electron chi connectivity index (χ3n) is 9.00. The standard InChI is InChI=1S/C30H36N6O4/c1-19-8-11-35(18-31-33-19)25-6-7-27(32-21(25)3)36-17-30(14-28(36)38)9-12-34(13-10-30)15-26(37)22-4-5-23-24(20(22)2)16-40-29(23)39/h4-7,18,26,37H,8-17H2,1-3H3. The summed E-state index contributed by atoms with van der Waals surface area (Å²) in [4.78, 5) is 36.0. The second-order valence-electron chi connectivity index (χ2n) is 11.6. The quantitative estimate of drug-likeness (QED) is 0.573. The van der Waals surface area contributed by atoms with Crippen molar-refractivity contribution in [2.75, 3.05) is 42.5 Å². The van der Waals surface area contributed by atoms with Gasteiger partial charge in [0.2, 0.25) is 5.91 Å². The molecule has 1 spiro atoms. The van der Waals surface area contributed by atoms with Gasteiger partial charge in [-0.3, -0.25) is 9.69 Å². The molecule has 0 bridgehead atoms. The molecule has 0 saturated carbocycles. The van der Waals surface area contributed by atoms with Crippen LogP contribution < -0.4 is 9.80 Å². The Bertz CT molecular complexity index is 1410. The molecule has 10 nitrogen and oxygen atoms in total. The molecular weight excluding hydrogens is 508 g/mol. The predicted octanol–water partition coefficient (Wildman–Crippen LogP) is 3.54. The molecule has 2 saturated heterocycles. The normalized spacial score (nSPS) is 21.4. The summed E-state index contributed by atoms with van der Waals surface area (Å²) in [5.41, 5.74) is 6.02. The molecule has 1 amide bonds. The third-order valence-corrected chi connectivity index (χ3v) is 9.00. The Hall–Kier alpha value is -3.63. The number of likely N-dealkylation sites (tertiary alicyclic amines) is 1. The number of esters is 1. The van der Waals surface area contributed by atoms with E-state index in [0.717, 1.165) is 72.7 Å². The van der Waals surface area contributed by atoms with Crippen molar-refractivity contribution in [3.8, 4) is 0 Å². The Morgan fingerprint density at radius 2 is 1.88 bits per heavy atom. The van der Waals surface area contributed by atoms with Gasteiger partial charge in [-0.15, -0.1) is 5.10 Å². The minimum absolute atomic E-state index is 0.0692. The first-order valence-electron chi connectivity index (χ1n) is 14.0. The molecule has 10 heteroatoms. The van der Waals surface area contributed by atoms with Crippen molar-refractivity contribution in [3.63, 3.8) is 0 Å². The number of fused-ring (bicyclic) bond motifs is 1. The molecule has 1 N–H and O–H groups in total. The maximum absolute atomic E-state index is 13.2. The highest BCUT2D eigenvalue weighted by atomic mass is 16.5. The summed E-state index contributed by atoms with van der Waals surface area (Å²) < 4.78 is 5.16. The number of aliphatic hydroxyl groups excluding tert-OH is 1. The number of nitrogens with zero attached hydrogens (tertiary/aromatic N) is 6. The van der Waals surface area contributed by atoms with Gasteiger partial charge in [-0.2, -0.15) is 5.10 Å². The fourth-order valence-electron chi connectivity index (χ4n) is 6.47.